The van der Waals surface area contributed by atoms with Crippen molar-refractivity contribution in [2.45, 2.75) is 79.1 Å². The first-order chi connectivity index (χ1) is 19.6. The summed E-state index contributed by atoms with van der Waals surface area (Å²) in [5.74, 6) is 1.73. The van der Waals surface area contributed by atoms with E-state index in [1.165, 1.54) is 143 Å². The van der Waals surface area contributed by atoms with Crippen LogP contribution in [0.1, 0.15) is 79.1 Å². The molecule has 6 N–H and O–H groups in total. The molecule has 0 aromatic rings. The van der Waals surface area contributed by atoms with Crippen molar-refractivity contribution in [1.82, 2.24) is 30.2 Å². The van der Waals surface area contributed by atoms with Gasteiger partial charge in [0, 0.05) is 52.4 Å². The number of hydrogen-bond acceptors (Lipinski definition) is 8. The molecule has 0 atom stereocenters. The van der Waals surface area contributed by atoms with E-state index in [4.69, 9.17) is 11.5 Å². The minimum atomic E-state index is 0.813. The summed E-state index contributed by atoms with van der Waals surface area (Å²) in [6.07, 6.45) is 10.1. The Bertz CT molecular complexity index is 467. The molecule has 0 amide bonds. The molecule has 8 nitrogen and oxygen atoms in total. The maximum Gasteiger partial charge on any atom is 0.0110 e. The van der Waals surface area contributed by atoms with Gasteiger partial charge < -0.3 is 41.7 Å². The Balaban J connectivity index is 0.000000479. The highest BCUT2D eigenvalue weighted by Crippen LogP contribution is 2.07. The van der Waals surface area contributed by atoms with E-state index in [0.29, 0.717) is 0 Å². The third-order valence-corrected chi connectivity index (χ3v) is 9.12. The molecule has 0 spiro atoms. The lowest BCUT2D eigenvalue weighted by Crippen LogP contribution is -2.47. The van der Waals surface area contributed by atoms with E-state index in [0.717, 1.165) is 37.8 Å². The Morgan fingerprint density at radius 1 is 0.475 bits per heavy atom. The lowest BCUT2D eigenvalue weighted by molar-refractivity contribution is 0.130. The molecule has 0 aromatic heterocycles. The topological polar surface area (TPSA) is 89.1 Å². The van der Waals surface area contributed by atoms with Gasteiger partial charge in [0.1, 0.15) is 0 Å². The first-order valence-corrected chi connectivity index (χ1v) is 17.3. The van der Waals surface area contributed by atoms with Crippen LogP contribution in [-0.2, 0) is 0 Å². The summed E-state index contributed by atoms with van der Waals surface area (Å²) in [6, 6.07) is 0. The van der Waals surface area contributed by atoms with Gasteiger partial charge in [-0.1, -0.05) is 53.4 Å². The van der Waals surface area contributed by atoms with Crippen molar-refractivity contribution < 1.29 is 0 Å². The Labute approximate surface area is 250 Å². The van der Waals surface area contributed by atoms with Crippen LogP contribution in [-0.4, -0.2) is 137 Å². The molecular weight excluding hydrogens is 496 g/mol. The third kappa shape index (κ3) is 19.0. The molecule has 0 unspecified atom stereocenters. The molecule has 2 fully saturated rings. The Kier molecular flexibility index (Phi) is 24.8. The van der Waals surface area contributed by atoms with Gasteiger partial charge >= 0.3 is 0 Å². The third-order valence-electron chi connectivity index (χ3n) is 9.12. The number of hydrogen-bond donors (Lipinski definition) is 4. The zero-order valence-electron chi connectivity index (χ0n) is 27.5. The van der Waals surface area contributed by atoms with Crippen molar-refractivity contribution in [1.29, 1.82) is 0 Å². The van der Waals surface area contributed by atoms with Gasteiger partial charge in [-0.25, -0.2) is 0 Å². The maximum atomic E-state index is 5.49. The van der Waals surface area contributed by atoms with E-state index in [9.17, 15) is 0 Å². The van der Waals surface area contributed by atoms with Gasteiger partial charge in [-0.05, 0) is 103 Å². The van der Waals surface area contributed by atoms with Crippen molar-refractivity contribution in [3.8, 4) is 0 Å². The van der Waals surface area contributed by atoms with Gasteiger partial charge in [0.2, 0.25) is 0 Å². The van der Waals surface area contributed by atoms with Crippen molar-refractivity contribution >= 4 is 0 Å². The van der Waals surface area contributed by atoms with Crippen LogP contribution in [0.3, 0.4) is 0 Å². The molecule has 240 valence electrons. The van der Waals surface area contributed by atoms with E-state index >= 15 is 0 Å². The van der Waals surface area contributed by atoms with Crippen LogP contribution in [0.4, 0.5) is 0 Å². The summed E-state index contributed by atoms with van der Waals surface area (Å²) in [5.41, 5.74) is 11.0. The van der Waals surface area contributed by atoms with Gasteiger partial charge in [0.15, 0.2) is 0 Å². The minimum absolute atomic E-state index is 0.813. The Morgan fingerprint density at radius 2 is 0.750 bits per heavy atom. The lowest BCUT2D eigenvalue weighted by atomic mass is 10.0. The van der Waals surface area contributed by atoms with Gasteiger partial charge in [0.25, 0.3) is 0 Å². The fourth-order valence-corrected chi connectivity index (χ4v) is 5.73. The van der Waals surface area contributed by atoms with Crippen molar-refractivity contribution in [3.05, 3.63) is 0 Å². The molecule has 0 aliphatic carbocycles. The molecule has 0 saturated carbocycles. The van der Waals surface area contributed by atoms with Crippen LogP contribution in [0.5, 0.6) is 0 Å². The molecule has 40 heavy (non-hydrogen) atoms. The normalized spacial score (nSPS) is 18.0. The second kappa shape index (κ2) is 26.3. The van der Waals surface area contributed by atoms with E-state index in [2.05, 4.69) is 57.9 Å². The van der Waals surface area contributed by atoms with Crippen LogP contribution in [0.15, 0.2) is 0 Å². The summed E-state index contributed by atoms with van der Waals surface area (Å²) >= 11 is 0. The fraction of sp³-hybridized carbons (Fsp3) is 1.00. The van der Waals surface area contributed by atoms with Crippen molar-refractivity contribution in [2.75, 3.05) is 118 Å². The van der Waals surface area contributed by atoms with Gasteiger partial charge in [-0.15, -0.1) is 0 Å². The van der Waals surface area contributed by atoms with E-state index in [-0.39, 0.29) is 0 Å². The zero-order valence-corrected chi connectivity index (χ0v) is 27.5. The van der Waals surface area contributed by atoms with Gasteiger partial charge in [-0.2, -0.15) is 0 Å². The van der Waals surface area contributed by atoms with Crippen LogP contribution in [0.2, 0.25) is 0 Å². The molecule has 0 bridgehead atoms. The molecule has 8 heteroatoms. The van der Waals surface area contributed by atoms with Crippen LogP contribution in [0.25, 0.3) is 0 Å². The quantitative estimate of drug-likeness (QED) is 0.148. The van der Waals surface area contributed by atoms with E-state index in [1.807, 2.05) is 0 Å². The van der Waals surface area contributed by atoms with Crippen molar-refractivity contribution in [3.63, 3.8) is 0 Å². The molecule has 2 heterocycles. The average molecular weight is 569 g/mol. The van der Waals surface area contributed by atoms with Gasteiger partial charge in [-0.3, -0.25) is 0 Å². The highest BCUT2D eigenvalue weighted by Gasteiger charge is 2.16. The zero-order chi connectivity index (χ0) is 29.3. The minimum Gasteiger partial charge on any atom is -0.330 e. The Hall–Kier alpha value is -0.320. The molecule has 2 aliphatic rings. The van der Waals surface area contributed by atoms with E-state index in [1.54, 1.807) is 0 Å². The standard InChI is InChI=1S/C22H48N4.C10H24N4/c1-5-21(6-2)19-23-11-9-13-25-15-17-26(18-16-25)14-10-12-24-20-22(7-3)8-4;11-3-1-5-13-7-9-14(10-8-13)6-2-4-12/h21-24H,5-20H2,1-4H3;1-12H2. The smallest absolute Gasteiger partial charge is 0.0110 e. The average Bonchev–Trinajstić information content (AvgIpc) is 3.00. The first-order valence-electron chi connectivity index (χ1n) is 17.3. The molecule has 0 radical (unpaired) electrons. The summed E-state index contributed by atoms with van der Waals surface area (Å²) in [4.78, 5) is 10.3. The van der Waals surface area contributed by atoms with Crippen molar-refractivity contribution in [2.24, 2.45) is 23.3 Å². The molecule has 2 aliphatic heterocycles. The molecule has 0 aromatic carbocycles. The lowest BCUT2D eigenvalue weighted by Gasteiger charge is -2.34. The Morgan fingerprint density at radius 3 is 1.00 bits per heavy atom. The molecular formula is C32H72N8. The number of piperazine rings is 2. The summed E-state index contributed by atoms with van der Waals surface area (Å²) in [6.45, 7) is 30.3. The number of nitrogens with two attached hydrogens (primary N) is 2. The van der Waals surface area contributed by atoms with Gasteiger partial charge in [0.05, 0.1) is 0 Å². The summed E-state index contributed by atoms with van der Waals surface area (Å²) in [7, 11) is 0. The second-order valence-electron chi connectivity index (χ2n) is 12.1. The van der Waals surface area contributed by atoms with Crippen LogP contribution >= 0.6 is 0 Å². The first kappa shape index (κ1) is 37.7. The van der Waals surface area contributed by atoms with E-state index < -0.39 is 0 Å². The summed E-state index contributed by atoms with van der Waals surface area (Å²) in [5, 5.41) is 7.30. The highest BCUT2D eigenvalue weighted by molar-refractivity contribution is 4.73. The van der Waals surface area contributed by atoms with Crippen LogP contribution < -0.4 is 22.1 Å². The predicted octanol–water partition coefficient (Wildman–Crippen LogP) is 2.74. The monoisotopic (exact) mass is 569 g/mol. The largest absolute Gasteiger partial charge is 0.330 e. The molecule has 2 saturated heterocycles. The summed E-state index contributed by atoms with van der Waals surface area (Å²) < 4.78 is 0. The second-order valence-corrected chi connectivity index (χ2v) is 12.1. The highest BCUT2D eigenvalue weighted by atomic mass is 15.3. The number of nitrogens with one attached hydrogen (secondary N) is 2. The van der Waals surface area contributed by atoms with Crippen LogP contribution in [0, 0.1) is 11.8 Å². The maximum absolute atomic E-state index is 5.49. The SMILES string of the molecule is CCC(CC)CNCCCN1CCN(CCCNCC(CC)CC)CC1.NCCCN1CCN(CCCN)CC1. The number of nitrogens with zero attached hydrogens (tertiary/aromatic N) is 4. The molecule has 2 rings (SSSR count). The number of rotatable bonds is 22. The predicted molar refractivity (Wildman–Crippen MR) is 176 cm³/mol. The fourth-order valence-electron chi connectivity index (χ4n) is 5.73.